The molecule has 0 N–H and O–H groups in total. The van der Waals surface area contributed by atoms with E-state index in [9.17, 15) is 21.6 Å². The van der Waals surface area contributed by atoms with Crippen molar-refractivity contribution < 1.29 is 23.8 Å². The van der Waals surface area contributed by atoms with Gasteiger partial charge in [-0.15, -0.1) is 0 Å². The molecule has 0 aliphatic heterocycles. The number of thioether (sulfide) groups is 2. The Morgan fingerprint density at radius 1 is 0.889 bits per heavy atom. The van der Waals surface area contributed by atoms with Crippen LogP contribution in [0.3, 0.4) is 0 Å². The topological polar surface area (TPSA) is 43.4 Å². The maximum absolute atomic E-state index is 13.0. The van der Waals surface area contributed by atoms with E-state index in [2.05, 4.69) is 0 Å². The van der Waals surface area contributed by atoms with Crippen molar-refractivity contribution in [3.63, 3.8) is 0 Å². The summed E-state index contributed by atoms with van der Waals surface area (Å²) >= 11 is -0.941. The van der Waals surface area contributed by atoms with Crippen LogP contribution < -0.4 is 6.54 Å². The second-order valence-corrected chi connectivity index (χ2v) is 16.4. The summed E-state index contributed by atoms with van der Waals surface area (Å²) in [6.45, 7) is 0. The van der Waals surface area contributed by atoms with E-state index in [4.69, 9.17) is 2.26 Å². The van der Waals surface area contributed by atoms with Crippen molar-refractivity contribution in [3.8, 4) is 0 Å². The summed E-state index contributed by atoms with van der Waals surface area (Å²) in [7, 11) is -5.68. The van der Waals surface area contributed by atoms with Gasteiger partial charge in [-0.3, -0.25) is 0 Å². The molecule has 0 unspecified atom stereocenters. The molecule has 2 rings (SSSR count). The molecular formula is C17H18BiF3O3S3. The van der Waals surface area contributed by atoms with Gasteiger partial charge in [0.25, 0.3) is 0 Å². The first kappa shape index (κ1) is 23.0. The van der Waals surface area contributed by atoms with E-state index in [1.807, 2.05) is 24.6 Å². The molecule has 27 heavy (non-hydrogen) atoms. The molecule has 0 atom stereocenters. The minimum atomic E-state index is -5.68. The summed E-state index contributed by atoms with van der Waals surface area (Å²) in [5.74, 6) is 1.14. The SMILES string of the molecule is CSCc1cccc[c]1[Bi]([O]S(=O)(=O)C(F)(F)F)[c]1ccccc1CSC. The van der Waals surface area contributed by atoms with Crippen molar-refractivity contribution in [2.24, 2.45) is 0 Å². The van der Waals surface area contributed by atoms with Crippen molar-refractivity contribution >= 4 is 62.4 Å². The van der Waals surface area contributed by atoms with Gasteiger partial charge in [0.15, 0.2) is 0 Å². The predicted molar refractivity (Wildman–Crippen MR) is 108 cm³/mol. The zero-order valence-electron chi connectivity index (χ0n) is 14.6. The van der Waals surface area contributed by atoms with E-state index >= 15 is 0 Å². The molecule has 0 aliphatic rings. The molecule has 148 valence electrons. The molecule has 0 amide bonds. The molecule has 0 saturated heterocycles. The van der Waals surface area contributed by atoms with Gasteiger partial charge in [0.05, 0.1) is 0 Å². The van der Waals surface area contributed by atoms with Crippen LogP contribution in [0, 0.1) is 0 Å². The van der Waals surface area contributed by atoms with Crippen molar-refractivity contribution in [1.82, 2.24) is 0 Å². The molecule has 0 saturated carbocycles. The van der Waals surface area contributed by atoms with Crippen LogP contribution in [-0.4, -0.2) is 48.6 Å². The summed E-state index contributed by atoms with van der Waals surface area (Å²) in [5.41, 5.74) is -3.80. The fraction of sp³-hybridized carbons (Fsp3) is 0.294. The normalized spacial score (nSPS) is 12.5. The molecule has 2 aromatic carbocycles. The van der Waals surface area contributed by atoms with Crippen LogP contribution in [0.25, 0.3) is 0 Å². The van der Waals surface area contributed by atoms with Crippen molar-refractivity contribution in [3.05, 3.63) is 59.7 Å². The van der Waals surface area contributed by atoms with Gasteiger partial charge in [0.2, 0.25) is 0 Å². The molecule has 0 aromatic heterocycles. The Hall–Kier alpha value is -0.277. The first-order valence-electron chi connectivity index (χ1n) is 7.66. The summed E-state index contributed by atoms with van der Waals surface area (Å²) in [6, 6.07) is 14.0. The molecule has 2 aromatic rings. The zero-order chi connectivity index (χ0) is 20.1. The van der Waals surface area contributed by atoms with Gasteiger partial charge in [-0.05, 0) is 0 Å². The second kappa shape index (κ2) is 9.96. The van der Waals surface area contributed by atoms with Crippen LogP contribution in [-0.2, 0) is 23.9 Å². The predicted octanol–water partition coefficient (Wildman–Crippen LogP) is 3.38. The molecule has 0 radical (unpaired) electrons. The van der Waals surface area contributed by atoms with Gasteiger partial charge < -0.3 is 0 Å². The van der Waals surface area contributed by atoms with Gasteiger partial charge in [-0.1, -0.05) is 0 Å². The molecule has 3 nitrogen and oxygen atoms in total. The fourth-order valence-electron chi connectivity index (χ4n) is 2.32. The van der Waals surface area contributed by atoms with E-state index in [1.165, 1.54) is 23.5 Å². The monoisotopic (exact) mass is 632 g/mol. The van der Waals surface area contributed by atoms with Gasteiger partial charge in [0.1, 0.15) is 0 Å². The molecule has 0 heterocycles. The second-order valence-electron chi connectivity index (χ2n) is 5.39. The molecule has 0 spiro atoms. The van der Waals surface area contributed by atoms with E-state index in [0.29, 0.717) is 18.0 Å². The minimum absolute atomic E-state index is 0.572. The first-order valence-corrected chi connectivity index (χ1v) is 16.7. The Kier molecular flexibility index (Phi) is 8.49. The third-order valence-electron chi connectivity index (χ3n) is 3.48. The number of alkyl halides is 3. The van der Waals surface area contributed by atoms with Crippen LogP contribution in [0.15, 0.2) is 48.5 Å². The van der Waals surface area contributed by atoms with E-state index in [0.717, 1.165) is 11.1 Å². The van der Waals surface area contributed by atoms with Crippen molar-refractivity contribution in [2.45, 2.75) is 17.0 Å². The third kappa shape index (κ3) is 5.86. The van der Waals surface area contributed by atoms with Gasteiger partial charge >= 0.3 is 175 Å². The Labute approximate surface area is 174 Å². The Balaban J connectivity index is 2.64. The average molecular weight is 633 g/mol. The molecular weight excluding hydrogens is 614 g/mol. The van der Waals surface area contributed by atoms with Crippen LogP contribution >= 0.6 is 23.5 Å². The quantitative estimate of drug-likeness (QED) is 0.330. The maximum atomic E-state index is 13.0. The number of halogens is 3. The average Bonchev–Trinajstić information content (AvgIpc) is 2.61. The van der Waals surface area contributed by atoms with Crippen molar-refractivity contribution in [2.75, 3.05) is 12.5 Å². The number of hydrogen-bond acceptors (Lipinski definition) is 5. The molecule has 0 fully saturated rings. The van der Waals surface area contributed by atoms with Gasteiger partial charge in [0, 0.05) is 0 Å². The fourth-order valence-corrected chi connectivity index (χ4v) is 15.9. The van der Waals surface area contributed by atoms with Gasteiger partial charge in [-0.2, -0.15) is 0 Å². The molecule has 10 heteroatoms. The van der Waals surface area contributed by atoms with Crippen LogP contribution in [0.2, 0.25) is 0 Å². The standard InChI is InChI=1S/2C8H9S.CHF3O3S.Bi/c2*1-9-7-8-5-3-2-4-6-8;2-1(3,4)8(5,6)7;/h2*2-5H,7H2,1H3;(H,5,6,7);/q;;;+1/p-1. The number of rotatable bonds is 8. The zero-order valence-corrected chi connectivity index (χ0v) is 20.5. The van der Waals surface area contributed by atoms with Crippen molar-refractivity contribution in [1.29, 1.82) is 0 Å². The van der Waals surface area contributed by atoms with Gasteiger partial charge in [-0.25, -0.2) is 0 Å². The summed E-state index contributed by atoms with van der Waals surface area (Å²) < 4.78 is 69.0. The third-order valence-corrected chi connectivity index (χ3v) is 16.4. The van der Waals surface area contributed by atoms with E-state index in [1.54, 1.807) is 36.4 Å². The Morgan fingerprint density at radius 3 is 1.67 bits per heavy atom. The molecule has 0 aliphatic carbocycles. The Bertz CT molecular complexity index is 823. The first-order chi connectivity index (χ1) is 12.7. The van der Waals surface area contributed by atoms with Crippen LogP contribution in [0.1, 0.15) is 11.1 Å². The molecule has 0 bridgehead atoms. The van der Waals surface area contributed by atoms with Crippen LogP contribution in [0.5, 0.6) is 0 Å². The number of hydrogen-bond donors (Lipinski definition) is 0. The van der Waals surface area contributed by atoms with E-state index in [-0.39, 0.29) is 0 Å². The van der Waals surface area contributed by atoms with Crippen LogP contribution in [0.4, 0.5) is 13.2 Å². The van der Waals surface area contributed by atoms with E-state index < -0.39 is 37.8 Å². The Morgan fingerprint density at radius 2 is 1.30 bits per heavy atom. The number of benzene rings is 2. The summed E-state index contributed by atoms with van der Waals surface area (Å²) in [4.78, 5) is 0. The summed E-state index contributed by atoms with van der Waals surface area (Å²) in [6.07, 6.45) is 3.77. The summed E-state index contributed by atoms with van der Waals surface area (Å²) in [5, 5.41) is 0.